The summed E-state index contributed by atoms with van der Waals surface area (Å²) in [5.74, 6) is 0.538. The predicted molar refractivity (Wildman–Crippen MR) is 148 cm³/mol. The number of aromatic nitrogens is 2. The van der Waals surface area contributed by atoms with Crippen LogP contribution in [0.25, 0.3) is 10.9 Å². The summed E-state index contributed by atoms with van der Waals surface area (Å²) in [5.41, 5.74) is 4.07. The first-order chi connectivity index (χ1) is 17.8. The van der Waals surface area contributed by atoms with Crippen LogP contribution in [0.15, 0.2) is 30.3 Å². The van der Waals surface area contributed by atoms with Crippen LogP contribution in [0, 0.1) is 11.3 Å². The summed E-state index contributed by atoms with van der Waals surface area (Å²) >= 11 is 0. The van der Waals surface area contributed by atoms with Gasteiger partial charge < -0.3 is 19.1 Å². The van der Waals surface area contributed by atoms with Crippen LogP contribution in [-0.2, 0) is 12.0 Å². The number of benzene rings is 1. The van der Waals surface area contributed by atoms with Crippen LogP contribution in [0.5, 0.6) is 5.88 Å². The van der Waals surface area contributed by atoms with E-state index in [0.717, 1.165) is 73.7 Å². The minimum absolute atomic E-state index is 0.0113. The number of pyridine rings is 1. The number of ether oxygens (including phenoxy) is 1. The second-order valence-corrected chi connectivity index (χ2v) is 10.1. The van der Waals surface area contributed by atoms with Crippen molar-refractivity contribution in [3.63, 3.8) is 0 Å². The molecule has 196 valence electrons. The molecule has 0 N–H and O–H groups in total. The highest BCUT2D eigenvalue weighted by molar-refractivity contribution is 6.20. The number of nitriles is 1. The molecule has 0 atom stereocenters. The fraction of sp³-hybridized carbons (Fsp3) is 0.500. The molecule has 37 heavy (non-hydrogen) atoms. The highest BCUT2D eigenvalue weighted by Gasteiger charge is 2.43. The molecule has 1 aliphatic carbocycles. The lowest BCUT2D eigenvalue weighted by Gasteiger charge is -2.33. The average Bonchev–Trinajstić information content (AvgIpc) is 3.25. The number of nitrogens with zero attached hydrogens (tertiary/aromatic N) is 5. The molecule has 7 heteroatoms. The van der Waals surface area contributed by atoms with Crippen molar-refractivity contribution < 1.29 is 9.53 Å². The van der Waals surface area contributed by atoms with E-state index in [0.29, 0.717) is 23.6 Å². The van der Waals surface area contributed by atoms with Gasteiger partial charge in [0.25, 0.3) is 0 Å². The predicted octanol–water partition coefficient (Wildman–Crippen LogP) is 4.84. The second-order valence-electron chi connectivity index (χ2n) is 10.1. The highest BCUT2D eigenvalue weighted by atomic mass is 16.5. The lowest BCUT2D eigenvalue weighted by molar-refractivity contribution is 0.103. The number of hydrogen-bond acceptors (Lipinski definition) is 6. The number of carbonyl (C=O) groups excluding carboxylic acids is 1. The van der Waals surface area contributed by atoms with Crippen LogP contribution in [0.4, 0.5) is 0 Å². The summed E-state index contributed by atoms with van der Waals surface area (Å²) < 4.78 is 8.29. The van der Waals surface area contributed by atoms with E-state index in [-0.39, 0.29) is 5.78 Å². The maximum absolute atomic E-state index is 13.9. The maximum Gasteiger partial charge on any atom is 0.213 e. The van der Waals surface area contributed by atoms with Crippen LogP contribution in [0.3, 0.4) is 0 Å². The Labute approximate surface area is 220 Å². The molecule has 0 aliphatic heterocycles. The van der Waals surface area contributed by atoms with Crippen molar-refractivity contribution in [3.05, 3.63) is 58.4 Å². The average molecular weight is 502 g/mol. The summed E-state index contributed by atoms with van der Waals surface area (Å²) in [6.07, 6.45) is 0. The Kier molecular flexibility index (Phi) is 8.01. The van der Waals surface area contributed by atoms with Crippen molar-refractivity contribution in [3.8, 4) is 11.9 Å². The van der Waals surface area contributed by atoms with E-state index in [4.69, 9.17) is 9.72 Å². The Morgan fingerprint density at radius 2 is 1.68 bits per heavy atom. The molecular formula is C30H39N5O2. The van der Waals surface area contributed by atoms with Gasteiger partial charge in [0.1, 0.15) is 6.61 Å². The lowest BCUT2D eigenvalue weighted by atomic mass is 9.74. The van der Waals surface area contributed by atoms with Crippen molar-refractivity contribution in [1.82, 2.24) is 19.4 Å². The van der Waals surface area contributed by atoms with E-state index < -0.39 is 5.41 Å². The largest absolute Gasteiger partial charge is 0.476 e. The fourth-order valence-corrected chi connectivity index (χ4v) is 5.56. The maximum atomic E-state index is 13.9. The van der Waals surface area contributed by atoms with E-state index in [9.17, 15) is 10.1 Å². The number of ketones is 1. The van der Waals surface area contributed by atoms with E-state index in [1.54, 1.807) is 6.07 Å². The first-order valence-corrected chi connectivity index (χ1v) is 13.5. The van der Waals surface area contributed by atoms with Gasteiger partial charge in [-0.3, -0.25) is 4.79 Å². The van der Waals surface area contributed by atoms with Crippen LogP contribution >= 0.6 is 0 Å². The van der Waals surface area contributed by atoms with Gasteiger partial charge in [-0.25, -0.2) is 4.98 Å². The molecule has 0 spiro atoms. The zero-order valence-corrected chi connectivity index (χ0v) is 23.1. The van der Waals surface area contributed by atoms with E-state index in [2.05, 4.69) is 62.0 Å². The second kappa shape index (κ2) is 11.0. The number of carbonyl (C=O) groups is 1. The molecule has 0 unspecified atom stereocenters. The quantitative estimate of drug-likeness (QED) is 0.374. The summed E-state index contributed by atoms with van der Waals surface area (Å²) in [7, 11) is 0. The van der Waals surface area contributed by atoms with Gasteiger partial charge in [-0.05, 0) is 58.2 Å². The standard InChI is InChI=1S/C30H39N5O2/c1-7-33(8-2)15-16-35-24-19-21(20-31)11-12-22(24)26-27(36)23-13-14-25(37-18-17-34(9-3)10-4)32-28(23)30(5,6)29(26)35/h11-14,19H,7-10,15-18H2,1-6H3. The molecule has 4 rings (SSSR count). The van der Waals surface area contributed by atoms with Crippen molar-refractivity contribution >= 4 is 16.7 Å². The van der Waals surface area contributed by atoms with Crippen molar-refractivity contribution in [2.45, 2.75) is 53.5 Å². The summed E-state index contributed by atoms with van der Waals surface area (Å²) in [5, 5.41) is 10.5. The Bertz CT molecular complexity index is 1330. The molecule has 0 fully saturated rings. The van der Waals surface area contributed by atoms with Crippen molar-refractivity contribution in [2.75, 3.05) is 45.9 Å². The number of likely N-dealkylation sites (N-methyl/N-ethyl adjacent to an activating group) is 2. The molecule has 0 saturated carbocycles. The van der Waals surface area contributed by atoms with Crippen LogP contribution in [0.2, 0.25) is 0 Å². The topological polar surface area (TPSA) is 74.4 Å². The molecular weight excluding hydrogens is 462 g/mol. The Balaban J connectivity index is 1.80. The van der Waals surface area contributed by atoms with Crippen LogP contribution < -0.4 is 4.74 Å². The first-order valence-electron chi connectivity index (χ1n) is 13.5. The Morgan fingerprint density at radius 3 is 2.32 bits per heavy atom. The highest BCUT2D eigenvalue weighted by Crippen LogP contribution is 2.45. The molecule has 3 aromatic rings. The zero-order chi connectivity index (χ0) is 26.7. The van der Waals surface area contributed by atoms with Crippen LogP contribution in [-0.4, -0.2) is 71.0 Å². The van der Waals surface area contributed by atoms with Gasteiger partial charge in [0.2, 0.25) is 5.88 Å². The van der Waals surface area contributed by atoms with E-state index >= 15 is 0 Å². The summed E-state index contributed by atoms with van der Waals surface area (Å²) in [4.78, 5) is 23.5. The third-order valence-electron chi connectivity index (χ3n) is 7.81. The SMILES string of the molecule is CCN(CC)CCOc1ccc2c(n1)C(C)(C)c1c(c3ccc(C#N)cc3n1CCN(CC)CC)C2=O. The van der Waals surface area contributed by atoms with Gasteiger partial charge in [-0.2, -0.15) is 5.26 Å². The number of rotatable bonds is 11. The van der Waals surface area contributed by atoms with E-state index in [1.807, 2.05) is 24.3 Å². The smallest absolute Gasteiger partial charge is 0.213 e. The van der Waals surface area contributed by atoms with Gasteiger partial charge in [-0.15, -0.1) is 0 Å². The van der Waals surface area contributed by atoms with Gasteiger partial charge in [-0.1, -0.05) is 33.8 Å². The van der Waals surface area contributed by atoms with Gasteiger partial charge in [0.05, 0.1) is 28.4 Å². The first kappa shape index (κ1) is 26.8. The lowest BCUT2D eigenvalue weighted by Crippen LogP contribution is -2.35. The van der Waals surface area contributed by atoms with Gasteiger partial charge in [0.15, 0.2) is 5.78 Å². The molecule has 0 saturated heterocycles. The summed E-state index contributed by atoms with van der Waals surface area (Å²) in [6, 6.07) is 11.6. The minimum Gasteiger partial charge on any atom is -0.476 e. The van der Waals surface area contributed by atoms with Gasteiger partial charge >= 0.3 is 0 Å². The Morgan fingerprint density at radius 1 is 1.00 bits per heavy atom. The molecule has 0 radical (unpaired) electrons. The monoisotopic (exact) mass is 501 g/mol. The molecule has 0 amide bonds. The molecule has 0 bridgehead atoms. The minimum atomic E-state index is -0.522. The van der Waals surface area contributed by atoms with Crippen LogP contribution in [0.1, 0.15) is 74.4 Å². The molecule has 2 aromatic heterocycles. The molecule has 7 nitrogen and oxygen atoms in total. The Hall–Kier alpha value is -3.21. The third kappa shape index (κ3) is 4.88. The molecule has 1 aromatic carbocycles. The molecule has 2 heterocycles. The van der Waals surface area contributed by atoms with Crippen molar-refractivity contribution in [1.29, 1.82) is 5.26 Å². The molecule has 1 aliphatic rings. The number of hydrogen-bond donors (Lipinski definition) is 0. The van der Waals surface area contributed by atoms with Gasteiger partial charge in [0, 0.05) is 47.8 Å². The number of fused-ring (bicyclic) bond motifs is 4. The van der Waals surface area contributed by atoms with Crippen molar-refractivity contribution in [2.24, 2.45) is 0 Å². The zero-order valence-electron chi connectivity index (χ0n) is 23.1. The fourth-order valence-electron chi connectivity index (χ4n) is 5.56. The van der Waals surface area contributed by atoms with E-state index in [1.165, 1.54) is 0 Å². The summed E-state index contributed by atoms with van der Waals surface area (Å²) in [6.45, 7) is 19.7. The normalized spacial score (nSPS) is 14.2. The third-order valence-corrected chi connectivity index (χ3v) is 7.81.